The van der Waals surface area contributed by atoms with Crippen molar-refractivity contribution < 1.29 is 17.9 Å². The van der Waals surface area contributed by atoms with Crippen LogP contribution in [0.15, 0.2) is 22.4 Å². The number of rotatable bonds is 7. The van der Waals surface area contributed by atoms with Crippen LogP contribution in [0.2, 0.25) is 0 Å². The second kappa shape index (κ2) is 7.51. The van der Waals surface area contributed by atoms with E-state index in [1.54, 1.807) is 13.0 Å². The van der Waals surface area contributed by atoms with Gasteiger partial charge < -0.3 is 9.47 Å². The van der Waals surface area contributed by atoms with E-state index in [4.69, 9.17) is 20.2 Å². The molecule has 1 aromatic carbocycles. The molecular weight excluding hydrogens is 358 g/mol. The molecule has 5 nitrogen and oxygen atoms in total. The Bertz CT molecular complexity index is 787. The number of aryl methyl sites for hydroxylation is 1. The average Bonchev–Trinajstić information content (AvgIpc) is 2.88. The summed E-state index contributed by atoms with van der Waals surface area (Å²) < 4.78 is 34.4. The molecule has 0 bridgehead atoms. The van der Waals surface area contributed by atoms with E-state index in [2.05, 4.69) is 4.98 Å². The van der Waals surface area contributed by atoms with Gasteiger partial charge in [0, 0.05) is 16.2 Å². The van der Waals surface area contributed by atoms with Gasteiger partial charge in [0.1, 0.15) is 5.01 Å². The highest BCUT2D eigenvalue weighted by Gasteiger charge is 2.20. The van der Waals surface area contributed by atoms with Gasteiger partial charge in [-0.15, -0.1) is 11.3 Å². The van der Waals surface area contributed by atoms with E-state index in [9.17, 15) is 8.42 Å². The molecule has 23 heavy (non-hydrogen) atoms. The molecular formula is C15H18ClNO4S2. The van der Waals surface area contributed by atoms with Crippen molar-refractivity contribution in [3.63, 3.8) is 0 Å². The Morgan fingerprint density at radius 1 is 1.22 bits per heavy atom. The summed E-state index contributed by atoms with van der Waals surface area (Å²) in [5, 5.41) is 0.574. The van der Waals surface area contributed by atoms with Crippen LogP contribution in [0.4, 0.5) is 0 Å². The topological polar surface area (TPSA) is 65.5 Å². The van der Waals surface area contributed by atoms with E-state index in [1.807, 2.05) is 26.0 Å². The van der Waals surface area contributed by atoms with Crippen LogP contribution in [0.25, 0.3) is 10.6 Å². The fourth-order valence-electron chi connectivity index (χ4n) is 1.97. The van der Waals surface area contributed by atoms with Gasteiger partial charge >= 0.3 is 0 Å². The molecule has 0 amide bonds. The third-order valence-electron chi connectivity index (χ3n) is 2.93. The van der Waals surface area contributed by atoms with Crippen LogP contribution in [0.1, 0.15) is 26.0 Å². The van der Waals surface area contributed by atoms with E-state index in [0.717, 1.165) is 23.3 Å². The van der Waals surface area contributed by atoms with Crippen LogP contribution in [0, 0.1) is 6.92 Å². The van der Waals surface area contributed by atoms with Crippen molar-refractivity contribution in [2.75, 3.05) is 13.2 Å². The molecule has 0 saturated carbocycles. The standard InChI is InChI=1S/C15H18ClNO4S2/c1-4-8-21-12-7-6-11(9-13(12)20-5-2)14-17-10(3)15(22-14)23(16,18)19/h6-7,9H,4-5,8H2,1-3H3. The molecule has 2 rings (SSSR count). The lowest BCUT2D eigenvalue weighted by Gasteiger charge is -2.12. The van der Waals surface area contributed by atoms with Crippen molar-refractivity contribution in [2.24, 2.45) is 0 Å². The molecule has 0 fully saturated rings. The zero-order chi connectivity index (χ0) is 17.0. The first-order valence-corrected chi connectivity index (χ1v) is 10.3. The molecule has 2 aromatic rings. The van der Waals surface area contributed by atoms with Crippen LogP contribution < -0.4 is 9.47 Å². The summed E-state index contributed by atoms with van der Waals surface area (Å²) in [5.41, 5.74) is 1.15. The maximum atomic E-state index is 11.5. The number of nitrogens with zero attached hydrogens (tertiary/aromatic N) is 1. The summed E-state index contributed by atoms with van der Waals surface area (Å²) in [5.74, 6) is 1.28. The Kier molecular flexibility index (Phi) is 5.89. The molecule has 0 radical (unpaired) electrons. The Morgan fingerprint density at radius 3 is 2.52 bits per heavy atom. The fraction of sp³-hybridized carbons (Fsp3) is 0.400. The zero-order valence-corrected chi connectivity index (χ0v) is 15.5. The first-order chi connectivity index (χ1) is 10.9. The lowest BCUT2D eigenvalue weighted by molar-refractivity contribution is 0.277. The molecule has 0 aliphatic carbocycles. The van der Waals surface area contributed by atoms with E-state index in [-0.39, 0.29) is 4.21 Å². The molecule has 0 saturated heterocycles. The minimum absolute atomic E-state index is 0.0680. The van der Waals surface area contributed by atoms with Crippen molar-refractivity contribution in [3.8, 4) is 22.1 Å². The van der Waals surface area contributed by atoms with E-state index < -0.39 is 9.05 Å². The SMILES string of the molecule is CCCOc1ccc(-c2nc(C)c(S(=O)(=O)Cl)s2)cc1OCC. The van der Waals surface area contributed by atoms with Crippen molar-refractivity contribution in [2.45, 2.75) is 31.4 Å². The maximum Gasteiger partial charge on any atom is 0.272 e. The molecule has 8 heteroatoms. The minimum Gasteiger partial charge on any atom is -0.490 e. The molecule has 126 valence electrons. The first kappa shape index (κ1) is 18.0. The van der Waals surface area contributed by atoms with Gasteiger partial charge in [-0.05, 0) is 38.5 Å². The summed E-state index contributed by atoms with van der Waals surface area (Å²) in [7, 11) is 1.64. The lowest BCUT2D eigenvalue weighted by Crippen LogP contribution is -2.00. The Labute approximate surface area is 144 Å². The van der Waals surface area contributed by atoms with Gasteiger partial charge in [-0.1, -0.05) is 6.92 Å². The summed E-state index contributed by atoms with van der Waals surface area (Å²) in [6.07, 6.45) is 0.899. The van der Waals surface area contributed by atoms with Crippen LogP contribution in [-0.2, 0) is 9.05 Å². The first-order valence-electron chi connectivity index (χ1n) is 7.19. The van der Waals surface area contributed by atoms with Gasteiger partial charge in [0.15, 0.2) is 15.7 Å². The number of hydrogen-bond acceptors (Lipinski definition) is 6. The van der Waals surface area contributed by atoms with Crippen molar-refractivity contribution in [1.29, 1.82) is 0 Å². The van der Waals surface area contributed by atoms with E-state index in [1.165, 1.54) is 0 Å². The molecule has 0 atom stereocenters. The number of benzene rings is 1. The summed E-state index contributed by atoms with van der Waals surface area (Å²) >= 11 is 1.04. The Hall–Kier alpha value is -1.31. The predicted molar refractivity (Wildman–Crippen MR) is 92.3 cm³/mol. The minimum atomic E-state index is -3.79. The molecule has 0 spiro atoms. The van der Waals surface area contributed by atoms with Gasteiger partial charge in [-0.25, -0.2) is 13.4 Å². The molecule has 0 unspecified atom stereocenters. The largest absolute Gasteiger partial charge is 0.490 e. The number of thiazole rings is 1. The lowest BCUT2D eigenvalue weighted by atomic mass is 10.2. The quantitative estimate of drug-likeness (QED) is 0.677. The second-order valence-electron chi connectivity index (χ2n) is 4.77. The molecule has 1 aromatic heterocycles. The zero-order valence-electron chi connectivity index (χ0n) is 13.1. The average molecular weight is 376 g/mol. The fourth-order valence-corrected chi connectivity index (χ4v) is 4.42. The van der Waals surface area contributed by atoms with Crippen LogP contribution in [0.5, 0.6) is 11.5 Å². The van der Waals surface area contributed by atoms with Gasteiger partial charge in [-0.2, -0.15) is 0 Å². The van der Waals surface area contributed by atoms with Crippen LogP contribution in [-0.4, -0.2) is 26.6 Å². The highest BCUT2D eigenvalue weighted by Crippen LogP contribution is 2.37. The van der Waals surface area contributed by atoms with Crippen molar-refractivity contribution in [3.05, 3.63) is 23.9 Å². The van der Waals surface area contributed by atoms with Gasteiger partial charge in [0.2, 0.25) is 0 Å². The van der Waals surface area contributed by atoms with Gasteiger partial charge in [0.05, 0.1) is 18.9 Å². The smallest absolute Gasteiger partial charge is 0.272 e. The molecule has 0 aliphatic rings. The molecule has 0 aliphatic heterocycles. The van der Waals surface area contributed by atoms with Crippen LogP contribution >= 0.6 is 22.0 Å². The number of hydrogen-bond donors (Lipinski definition) is 0. The Balaban J connectivity index is 2.42. The third-order valence-corrected chi connectivity index (χ3v) is 6.31. The summed E-state index contributed by atoms with van der Waals surface area (Å²) in [6.45, 7) is 6.65. The maximum absolute atomic E-state index is 11.5. The summed E-state index contributed by atoms with van der Waals surface area (Å²) in [4.78, 5) is 4.30. The second-order valence-corrected chi connectivity index (χ2v) is 8.53. The molecule has 1 heterocycles. The third kappa shape index (κ3) is 4.37. The summed E-state index contributed by atoms with van der Waals surface area (Å²) in [6, 6.07) is 5.44. The van der Waals surface area contributed by atoms with Crippen molar-refractivity contribution >= 4 is 31.1 Å². The van der Waals surface area contributed by atoms with Crippen molar-refractivity contribution in [1.82, 2.24) is 4.98 Å². The normalized spacial score (nSPS) is 11.5. The van der Waals surface area contributed by atoms with Crippen LogP contribution in [0.3, 0.4) is 0 Å². The molecule has 0 N–H and O–H groups in total. The predicted octanol–water partition coefficient (Wildman–Crippen LogP) is 4.23. The number of aromatic nitrogens is 1. The highest BCUT2D eigenvalue weighted by molar-refractivity contribution is 8.15. The van der Waals surface area contributed by atoms with E-state index in [0.29, 0.717) is 35.4 Å². The van der Waals surface area contributed by atoms with Gasteiger partial charge in [0.25, 0.3) is 9.05 Å². The highest BCUT2D eigenvalue weighted by atomic mass is 35.7. The monoisotopic (exact) mass is 375 g/mol. The number of ether oxygens (including phenoxy) is 2. The Morgan fingerprint density at radius 2 is 1.96 bits per heavy atom. The van der Waals surface area contributed by atoms with Gasteiger partial charge in [-0.3, -0.25) is 0 Å². The number of halogens is 1. The van der Waals surface area contributed by atoms with E-state index >= 15 is 0 Å².